The molecule has 0 bridgehead atoms. The molecule has 0 aliphatic rings. The molecule has 0 radical (unpaired) electrons. The lowest BCUT2D eigenvalue weighted by atomic mass is 9.82. The number of hydrogen-bond donors (Lipinski definition) is 1. The Hall–Kier alpha value is -1.09. The zero-order valence-corrected chi connectivity index (χ0v) is 11.5. The van der Waals surface area contributed by atoms with Gasteiger partial charge < -0.3 is 5.11 Å². The Morgan fingerprint density at radius 1 is 1.39 bits per heavy atom. The maximum Gasteiger partial charge on any atom is 0.311 e. The van der Waals surface area contributed by atoms with Crippen molar-refractivity contribution in [2.75, 3.05) is 0 Å². The van der Waals surface area contributed by atoms with Gasteiger partial charge in [-0.05, 0) is 36.0 Å². The molecule has 1 aromatic carbocycles. The predicted octanol–water partition coefficient (Wildman–Crippen LogP) is 4.33. The van der Waals surface area contributed by atoms with Crippen LogP contribution in [0.3, 0.4) is 0 Å². The van der Waals surface area contributed by atoms with Crippen LogP contribution in [0.4, 0.5) is 4.39 Å². The SMILES string of the molecule is CC(C)CC(C)C(C(=O)O)c1ccc(F)cc1Cl. The van der Waals surface area contributed by atoms with E-state index in [-0.39, 0.29) is 10.9 Å². The van der Waals surface area contributed by atoms with Crippen molar-refractivity contribution in [2.24, 2.45) is 11.8 Å². The van der Waals surface area contributed by atoms with E-state index in [0.29, 0.717) is 11.5 Å². The maximum atomic E-state index is 13.0. The normalized spacial score (nSPS) is 14.6. The summed E-state index contributed by atoms with van der Waals surface area (Å²) in [6.45, 7) is 5.97. The largest absolute Gasteiger partial charge is 0.481 e. The summed E-state index contributed by atoms with van der Waals surface area (Å²) in [4.78, 5) is 11.4. The first-order chi connectivity index (χ1) is 8.32. The minimum Gasteiger partial charge on any atom is -0.481 e. The van der Waals surface area contributed by atoms with Crippen LogP contribution >= 0.6 is 11.6 Å². The summed E-state index contributed by atoms with van der Waals surface area (Å²) in [5.41, 5.74) is 0.485. The summed E-state index contributed by atoms with van der Waals surface area (Å²) in [7, 11) is 0. The molecule has 1 N–H and O–H groups in total. The lowest BCUT2D eigenvalue weighted by Crippen LogP contribution is -2.21. The van der Waals surface area contributed by atoms with Crippen molar-refractivity contribution in [1.29, 1.82) is 0 Å². The fraction of sp³-hybridized carbons (Fsp3) is 0.500. The van der Waals surface area contributed by atoms with Crippen LogP contribution in [0.25, 0.3) is 0 Å². The van der Waals surface area contributed by atoms with Crippen LogP contribution in [0.15, 0.2) is 18.2 Å². The Morgan fingerprint density at radius 3 is 2.44 bits per heavy atom. The molecule has 0 saturated carbocycles. The Kier molecular flexibility index (Phi) is 5.15. The van der Waals surface area contributed by atoms with E-state index < -0.39 is 17.7 Å². The molecule has 0 aromatic heterocycles. The number of aliphatic carboxylic acids is 1. The molecule has 0 saturated heterocycles. The van der Waals surface area contributed by atoms with Gasteiger partial charge in [-0.15, -0.1) is 0 Å². The highest BCUT2D eigenvalue weighted by Crippen LogP contribution is 2.34. The third kappa shape index (κ3) is 3.70. The Bertz CT molecular complexity index is 432. The van der Waals surface area contributed by atoms with E-state index >= 15 is 0 Å². The topological polar surface area (TPSA) is 37.3 Å². The molecule has 0 heterocycles. The van der Waals surface area contributed by atoms with Crippen LogP contribution in [-0.2, 0) is 4.79 Å². The number of carboxylic acid groups (broad SMARTS) is 1. The van der Waals surface area contributed by atoms with E-state index in [9.17, 15) is 14.3 Å². The molecule has 0 aliphatic heterocycles. The van der Waals surface area contributed by atoms with Crippen LogP contribution in [0, 0.1) is 17.7 Å². The van der Waals surface area contributed by atoms with Gasteiger partial charge in [-0.25, -0.2) is 4.39 Å². The molecule has 0 aliphatic carbocycles. The van der Waals surface area contributed by atoms with Crippen LogP contribution in [0.2, 0.25) is 5.02 Å². The second-order valence-electron chi connectivity index (χ2n) is 5.09. The Balaban J connectivity index is 3.08. The molecular weight excluding hydrogens is 255 g/mol. The maximum absolute atomic E-state index is 13.0. The molecule has 1 rings (SSSR count). The standard InChI is InChI=1S/C14H18ClFO2/c1-8(2)6-9(3)13(14(17)18)11-5-4-10(16)7-12(11)15/h4-5,7-9,13H,6H2,1-3H3,(H,17,18). The van der Waals surface area contributed by atoms with Gasteiger partial charge in [0, 0.05) is 5.02 Å². The van der Waals surface area contributed by atoms with Crippen molar-refractivity contribution in [3.63, 3.8) is 0 Å². The van der Waals surface area contributed by atoms with Crippen LogP contribution in [0.5, 0.6) is 0 Å². The highest BCUT2D eigenvalue weighted by molar-refractivity contribution is 6.31. The lowest BCUT2D eigenvalue weighted by Gasteiger charge is -2.23. The fourth-order valence-electron chi connectivity index (χ4n) is 2.32. The van der Waals surface area contributed by atoms with Crippen molar-refractivity contribution < 1.29 is 14.3 Å². The molecule has 2 unspecified atom stereocenters. The van der Waals surface area contributed by atoms with E-state index in [2.05, 4.69) is 0 Å². The fourth-order valence-corrected chi connectivity index (χ4v) is 2.60. The lowest BCUT2D eigenvalue weighted by molar-refractivity contribution is -0.140. The van der Waals surface area contributed by atoms with Gasteiger partial charge in [-0.2, -0.15) is 0 Å². The van der Waals surface area contributed by atoms with Gasteiger partial charge in [0.15, 0.2) is 0 Å². The molecular formula is C14H18ClFO2. The zero-order valence-electron chi connectivity index (χ0n) is 10.8. The molecule has 0 amide bonds. The van der Waals surface area contributed by atoms with Gasteiger partial charge in [0.25, 0.3) is 0 Å². The van der Waals surface area contributed by atoms with Gasteiger partial charge in [-0.1, -0.05) is 38.4 Å². The second kappa shape index (κ2) is 6.19. The Labute approximate surface area is 112 Å². The highest BCUT2D eigenvalue weighted by atomic mass is 35.5. The van der Waals surface area contributed by atoms with Gasteiger partial charge >= 0.3 is 5.97 Å². The summed E-state index contributed by atoms with van der Waals surface area (Å²) in [6.07, 6.45) is 0.782. The number of carboxylic acids is 1. The number of hydrogen-bond acceptors (Lipinski definition) is 1. The Morgan fingerprint density at radius 2 is 2.00 bits per heavy atom. The molecule has 1 aromatic rings. The van der Waals surface area contributed by atoms with Crippen LogP contribution in [0.1, 0.15) is 38.7 Å². The van der Waals surface area contributed by atoms with Crippen molar-refractivity contribution in [2.45, 2.75) is 33.1 Å². The summed E-state index contributed by atoms with van der Waals surface area (Å²) < 4.78 is 13.0. The van der Waals surface area contributed by atoms with Gasteiger partial charge in [0.05, 0.1) is 5.92 Å². The number of carbonyl (C=O) groups is 1. The van der Waals surface area contributed by atoms with Crippen LogP contribution < -0.4 is 0 Å². The summed E-state index contributed by atoms with van der Waals surface area (Å²) in [5, 5.41) is 9.53. The van der Waals surface area contributed by atoms with Gasteiger partial charge in [0.1, 0.15) is 5.82 Å². The molecule has 2 nitrogen and oxygen atoms in total. The summed E-state index contributed by atoms with van der Waals surface area (Å²) in [6, 6.07) is 3.88. The highest BCUT2D eigenvalue weighted by Gasteiger charge is 2.28. The first-order valence-corrected chi connectivity index (χ1v) is 6.38. The van der Waals surface area contributed by atoms with Crippen LogP contribution in [-0.4, -0.2) is 11.1 Å². The molecule has 4 heteroatoms. The molecule has 18 heavy (non-hydrogen) atoms. The number of rotatable bonds is 5. The van der Waals surface area contributed by atoms with E-state index in [1.54, 1.807) is 0 Å². The third-order valence-electron chi connectivity index (χ3n) is 2.98. The van der Waals surface area contributed by atoms with Gasteiger partial charge in [-0.3, -0.25) is 4.79 Å². The van der Waals surface area contributed by atoms with Crippen molar-refractivity contribution in [3.8, 4) is 0 Å². The summed E-state index contributed by atoms with van der Waals surface area (Å²) in [5.74, 6) is -1.71. The molecule has 100 valence electrons. The minimum absolute atomic E-state index is 0.0505. The smallest absolute Gasteiger partial charge is 0.311 e. The predicted molar refractivity (Wildman–Crippen MR) is 70.4 cm³/mol. The van der Waals surface area contributed by atoms with Crippen molar-refractivity contribution in [1.82, 2.24) is 0 Å². The van der Waals surface area contributed by atoms with Crippen molar-refractivity contribution >= 4 is 17.6 Å². The van der Waals surface area contributed by atoms with E-state index in [1.807, 2.05) is 20.8 Å². The molecule has 2 atom stereocenters. The van der Waals surface area contributed by atoms with E-state index in [4.69, 9.17) is 11.6 Å². The third-order valence-corrected chi connectivity index (χ3v) is 3.30. The first kappa shape index (κ1) is 15.0. The van der Waals surface area contributed by atoms with E-state index in [0.717, 1.165) is 12.5 Å². The average molecular weight is 273 g/mol. The molecule has 0 spiro atoms. The molecule has 0 fully saturated rings. The zero-order chi connectivity index (χ0) is 13.9. The van der Waals surface area contributed by atoms with Crippen molar-refractivity contribution in [3.05, 3.63) is 34.6 Å². The monoisotopic (exact) mass is 272 g/mol. The minimum atomic E-state index is -0.920. The second-order valence-corrected chi connectivity index (χ2v) is 5.50. The quantitative estimate of drug-likeness (QED) is 0.866. The number of benzene rings is 1. The summed E-state index contributed by atoms with van der Waals surface area (Å²) >= 11 is 5.95. The first-order valence-electron chi connectivity index (χ1n) is 6.00. The number of halogens is 2. The average Bonchev–Trinajstić information content (AvgIpc) is 2.20. The van der Waals surface area contributed by atoms with Gasteiger partial charge in [0.2, 0.25) is 0 Å². The van der Waals surface area contributed by atoms with E-state index in [1.165, 1.54) is 12.1 Å².